The van der Waals surface area contributed by atoms with E-state index in [1.807, 2.05) is 0 Å². The van der Waals surface area contributed by atoms with Crippen LogP contribution in [0.4, 0.5) is 5.82 Å². The lowest BCUT2D eigenvalue weighted by atomic mass is 10.3. The Kier molecular flexibility index (Phi) is 3.12. The third-order valence-corrected chi connectivity index (χ3v) is 3.10. The Morgan fingerprint density at radius 1 is 1.53 bits per heavy atom. The van der Waals surface area contributed by atoms with E-state index in [2.05, 4.69) is 15.6 Å². The Labute approximate surface area is 108 Å². The molecule has 0 atom stereocenters. The number of anilines is 1. The highest BCUT2D eigenvalue weighted by atomic mass is 32.2. The summed E-state index contributed by atoms with van der Waals surface area (Å²) in [4.78, 5) is 11.5. The summed E-state index contributed by atoms with van der Waals surface area (Å²) in [5.41, 5.74) is 0.526. The van der Waals surface area contributed by atoms with E-state index < -0.39 is 15.9 Å². The van der Waals surface area contributed by atoms with E-state index in [4.69, 9.17) is 9.66 Å². The third-order valence-electron chi connectivity index (χ3n) is 2.19. The number of aromatic nitrogens is 3. The van der Waals surface area contributed by atoms with Crippen LogP contribution < -0.4 is 10.5 Å². The first-order chi connectivity index (χ1) is 8.77. The maximum absolute atomic E-state index is 11.8. The van der Waals surface area contributed by atoms with Crippen LogP contribution in [0.5, 0.6) is 0 Å². The van der Waals surface area contributed by atoms with Gasteiger partial charge in [0.1, 0.15) is 4.90 Å². The molecule has 0 fully saturated rings. The molecule has 10 heteroatoms. The first-order valence-corrected chi connectivity index (χ1v) is 6.63. The van der Waals surface area contributed by atoms with Crippen LogP contribution in [-0.2, 0) is 17.1 Å². The second kappa shape index (κ2) is 4.48. The molecule has 2 aromatic heterocycles. The fourth-order valence-electron chi connectivity index (χ4n) is 1.40. The predicted octanol–water partition coefficient (Wildman–Crippen LogP) is -0.384. The molecular weight excluding hydrogens is 274 g/mol. The molecule has 0 unspecified atom stereocenters. The van der Waals surface area contributed by atoms with Gasteiger partial charge in [0.2, 0.25) is 15.8 Å². The number of hydrogen-bond acceptors (Lipinski definition) is 6. The molecule has 0 saturated heterocycles. The largest absolute Gasteiger partial charge is 0.351 e. The molecule has 2 aromatic rings. The van der Waals surface area contributed by atoms with Gasteiger partial charge in [-0.1, -0.05) is 5.16 Å². The van der Waals surface area contributed by atoms with Crippen molar-refractivity contribution in [2.24, 2.45) is 12.2 Å². The summed E-state index contributed by atoms with van der Waals surface area (Å²) < 4.78 is 28.6. The number of nitrogens with two attached hydrogens (primary N) is 1. The predicted molar refractivity (Wildman–Crippen MR) is 63.8 cm³/mol. The monoisotopic (exact) mass is 285 g/mol. The Morgan fingerprint density at radius 2 is 2.21 bits per heavy atom. The van der Waals surface area contributed by atoms with Crippen molar-refractivity contribution in [3.05, 3.63) is 23.7 Å². The molecule has 2 rings (SSSR count). The molecular formula is C9H11N5O4S. The number of primary sulfonamides is 1. The van der Waals surface area contributed by atoms with Crippen molar-refractivity contribution in [2.75, 3.05) is 5.32 Å². The number of amides is 1. The number of aryl methyl sites for hydroxylation is 2. The lowest BCUT2D eigenvalue weighted by molar-refractivity contribution is 0.0987. The Hall–Kier alpha value is -2.20. The van der Waals surface area contributed by atoms with Crippen LogP contribution in [0.15, 0.2) is 21.7 Å². The van der Waals surface area contributed by atoms with Gasteiger partial charge in [0.05, 0.1) is 5.69 Å². The second-order valence-corrected chi connectivity index (χ2v) is 5.38. The van der Waals surface area contributed by atoms with Crippen molar-refractivity contribution in [2.45, 2.75) is 11.8 Å². The van der Waals surface area contributed by atoms with Crippen LogP contribution in [0.2, 0.25) is 0 Å². The molecule has 0 aliphatic carbocycles. The van der Waals surface area contributed by atoms with Crippen molar-refractivity contribution in [1.82, 2.24) is 14.9 Å². The van der Waals surface area contributed by atoms with Crippen LogP contribution in [0.1, 0.15) is 16.2 Å². The molecule has 0 aliphatic rings. The molecule has 0 aliphatic heterocycles. The van der Waals surface area contributed by atoms with E-state index in [1.165, 1.54) is 24.0 Å². The number of nitrogens with one attached hydrogen (secondary N) is 1. The molecule has 3 N–H and O–H groups in total. The summed E-state index contributed by atoms with van der Waals surface area (Å²) in [5.74, 6) is -0.878. The first kappa shape index (κ1) is 13.2. The van der Waals surface area contributed by atoms with Gasteiger partial charge in [0.25, 0.3) is 5.91 Å². The van der Waals surface area contributed by atoms with E-state index in [0.29, 0.717) is 5.69 Å². The fourth-order valence-corrected chi connectivity index (χ4v) is 2.06. The molecule has 0 bridgehead atoms. The van der Waals surface area contributed by atoms with Gasteiger partial charge in [0.15, 0.2) is 5.82 Å². The Morgan fingerprint density at radius 3 is 2.74 bits per heavy atom. The van der Waals surface area contributed by atoms with Gasteiger partial charge in [-0.15, -0.1) is 0 Å². The van der Waals surface area contributed by atoms with Gasteiger partial charge in [-0.05, 0) is 6.92 Å². The van der Waals surface area contributed by atoms with Gasteiger partial charge in [0, 0.05) is 19.3 Å². The SMILES string of the molecule is Cc1cc(C(=O)Nc2nn(C)cc2S(N)(=O)=O)on1. The highest BCUT2D eigenvalue weighted by Gasteiger charge is 2.21. The fraction of sp³-hybridized carbons (Fsp3) is 0.222. The average Bonchev–Trinajstić information content (AvgIpc) is 2.84. The van der Waals surface area contributed by atoms with Crippen LogP contribution >= 0.6 is 0 Å². The minimum absolute atomic E-state index is 0.0523. The molecule has 1 amide bonds. The van der Waals surface area contributed by atoms with Crippen molar-refractivity contribution < 1.29 is 17.7 Å². The average molecular weight is 285 g/mol. The first-order valence-electron chi connectivity index (χ1n) is 5.08. The molecule has 0 spiro atoms. The van der Waals surface area contributed by atoms with Gasteiger partial charge < -0.3 is 9.84 Å². The topological polar surface area (TPSA) is 133 Å². The van der Waals surface area contributed by atoms with E-state index in [1.54, 1.807) is 6.92 Å². The van der Waals surface area contributed by atoms with Crippen molar-refractivity contribution in [1.29, 1.82) is 0 Å². The van der Waals surface area contributed by atoms with Crippen LogP contribution in [0.25, 0.3) is 0 Å². The van der Waals surface area contributed by atoms with Gasteiger partial charge in [-0.3, -0.25) is 9.48 Å². The molecule has 2 heterocycles. The zero-order chi connectivity index (χ0) is 14.2. The molecule has 0 radical (unpaired) electrons. The quantitative estimate of drug-likeness (QED) is 0.789. The van der Waals surface area contributed by atoms with Crippen LogP contribution in [0, 0.1) is 6.92 Å². The number of carbonyl (C=O) groups is 1. The maximum atomic E-state index is 11.8. The van der Waals surface area contributed by atoms with Gasteiger partial charge >= 0.3 is 0 Å². The van der Waals surface area contributed by atoms with E-state index in [9.17, 15) is 13.2 Å². The summed E-state index contributed by atoms with van der Waals surface area (Å²) in [6.45, 7) is 1.65. The van der Waals surface area contributed by atoms with Crippen molar-refractivity contribution >= 4 is 21.7 Å². The smallest absolute Gasteiger partial charge is 0.295 e. The van der Waals surface area contributed by atoms with Gasteiger partial charge in [-0.2, -0.15) is 5.10 Å². The number of carbonyl (C=O) groups excluding carboxylic acids is 1. The lowest BCUT2D eigenvalue weighted by Crippen LogP contribution is -2.17. The number of rotatable bonds is 3. The van der Waals surface area contributed by atoms with Crippen LogP contribution in [0.3, 0.4) is 0 Å². The van der Waals surface area contributed by atoms with E-state index in [-0.39, 0.29) is 16.5 Å². The third kappa shape index (κ3) is 2.80. The second-order valence-electron chi connectivity index (χ2n) is 3.85. The highest BCUT2D eigenvalue weighted by Crippen LogP contribution is 2.18. The normalized spacial score (nSPS) is 11.5. The van der Waals surface area contributed by atoms with Crippen molar-refractivity contribution in [3.8, 4) is 0 Å². The lowest BCUT2D eigenvalue weighted by Gasteiger charge is -2.00. The molecule has 9 nitrogen and oxygen atoms in total. The summed E-state index contributed by atoms with van der Waals surface area (Å²) >= 11 is 0. The standard InChI is InChI=1S/C9H11N5O4S/c1-5-3-6(18-13-5)9(15)11-8-7(19(10,16)17)4-14(2)12-8/h3-4H,1-2H3,(H2,10,16,17)(H,11,12,15). The van der Waals surface area contributed by atoms with Gasteiger partial charge in [-0.25, -0.2) is 13.6 Å². The summed E-state index contributed by atoms with van der Waals surface area (Å²) in [6, 6.07) is 1.41. The summed E-state index contributed by atoms with van der Waals surface area (Å²) in [7, 11) is -2.48. The minimum Gasteiger partial charge on any atom is -0.351 e. The Bertz CT molecular complexity index is 730. The molecule has 19 heavy (non-hydrogen) atoms. The summed E-state index contributed by atoms with van der Waals surface area (Å²) in [5, 5.41) is 14.7. The summed E-state index contributed by atoms with van der Waals surface area (Å²) in [6.07, 6.45) is 1.19. The highest BCUT2D eigenvalue weighted by molar-refractivity contribution is 7.89. The Balaban J connectivity index is 2.32. The zero-order valence-corrected chi connectivity index (χ0v) is 10.9. The minimum atomic E-state index is -3.98. The molecule has 0 saturated carbocycles. The zero-order valence-electron chi connectivity index (χ0n) is 10.1. The van der Waals surface area contributed by atoms with E-state index >= 15 is 0 Å². The molecule has 102 valence electrons. The van der Waals surface area contributed by atoms with Crippen LogP contribution in [-0.4, -0.2) is 29.3 Å². The maximum Gasteiger partial charge on any atom is 0.295 e. The molecule has 0 aromatic carbocycles. The number of hydrogen-bond donors (Lipinski definition) is 2. The van der Waals surface area contributed by atoms with E-state index in [0.717, 1.165) is 0 Å². The van der Waals surface area contributed by atoms with Crippen molar-refractivity contribution in [3.63, 3.8) is 0 Å². The number of sulfonamides is 1. The number of nitrogens with zero attached hydrogens (tertiary/aromatic N) is 3.